The molecule has 2 heterocycles. The Labute approximate surface area is 191 Å². The summed E-state index contributed by atoms with van der Waals surface area (Å²) >= 11 is 0. The van der Waals surface area contributed by atoms with E-state index < -0.39 is 10.0 Å². The zero-order valence-electron chi connectivity index (χ0n) is 19.4. The molecule has 1 fully saturated rings. The summed E-state index contributed by atoms with van der Waals surface area (Å²) in [7, 11) is -3.73. The quantitative estimate of drug-likeness (QED) is 0.742. The number of benzene rings is 2. The molecule has 1 N–H and O–H groups in total. The van der Waals surface area contributed by atoms with E-state index in [9.17, 15) is 8.42 Å². The van der Waals surface area contributed by atoms with Gasteiger partial charge in [0.2, 0.25) is 0 Å². The first-order valence-corrected chi connectivity index (χ1v) is 12.7. The highest BCUT2D eigenvalue weighted by Gasteiger charge is 2.31. The van der Waals surface area contributed by atoms with Gasteiger partial charge in [-0.1, -0.05) is 37.3 Å². The van der Waals surface area contributed by atoms with Gasteiger partial charge in [0.25, 0.3) is 10.0 Å². The van der Waals surface area contributed by atoms with E-state index in [1.54, 1.807) is 0 Å². The van der Waals surface area contributed by atoms with Crippen LogP contribution in [0.3, 0.4) is 0 Å². The highest BCUT2D eigenvalue weighted by Crippen LogP contribution is 2.33. The second-order valence-electron chi connectivity index (χ2n) is 8.70. The smallest absolute Gasteiger partial charge is 0.285 e. The fourth-order valence-electron chi connectivity index (χ4n) is 4.25. The minimum absolute atomic E-state index is 0.283. The van der Waals surface area contributed by atoms with Crippen molar-refractivity contribution < 1.29 is 8.42 Å². The SMILES string of the molecule is CCN1CCN(Cc2ccc(NC3=NS(=O)(=O)C(c4ccc(C)c(C)c4)=C3C)cc2)CC1. The van der Waals surface area contributed by atoms with Crippen LogP contribution in [0.4, 0.5) is 5.69 Å². The molecular weight excluding hydrogens is 420 g/mol. The first-order valence-electron chi connectivity index (χ1n) is 11.2. The van der Waals surface area contributed by atoms with Crippen molar-refractivity contribution in [1.29, 1.82) is 0 Å². The molecule has 0 aromatic heterocycles. The molecule has 2 aliphatic rings. The minimum atomic E-state index is -3.73. The van der Waals surface area contributed by atoms with Crippen molar-refractivity contribution in [2.24, 2.45) is 4.40 Å². The molecule has 2 aromatic rings. The standard InChI is InChI=1S/C25H32N4O2S/c1-5-28-12-14-29(15-13-28)17-21-7-10-23(11-8-21)26-25-20(4)24(32(30,31)27-25)22-9-6-18(2)19(3)16-22/h6-11,16H,5,12-15,17H2,1-4H3,(H,26,27). The van der Waals surface area contributed by atoms with E-state index in [1.165, 1.54) is 5.56 Å². The van der Waals surface area contributed by atoms with Crippen LogP contribution in [-0.2, 0) is 16.6 Å². The number of aryl methyl sites for hydroxylation is 2. The van der Waals surface area contributed by atoms with Crippen LogP contribution in [0.5, 0.6) is 0 Å². The highest BCUT2D eigenvalue weighted by molar-refractivity contribution is 8.00. The Bertz CT molecular complexity index is 1160. The molecule has 4 rings (SSSR count). The molecule has 0 amide bonds. The Kier molecular flexibility index (Phi) is 6.51. The third kappa shape index (κ3) is 4.80. The van der Waals surface area contributed by atoms with Crippen LogP contribution in [0, 0.1) is 13.8 Å². The number of hydrogen-bond donors (Lipinski definition) is 1. The number of nitrogens with zero attached hydrogens (tertiary/aromatic N) is 3. The molecule has 0 spiro atoms. The molecule has 0 radical (unpaired) electrons. The van der Waals surface area contributed by atoms with Gasteiger partial charge in [-0.15, -0.1) is 4.40 Å². The van der Waals surface area contributed by atoms with E-state index in [0.29, 0.717) is 17.0 Å². The van der Waals surface area contributed by atoms with E-state index in [0.717, 1.165) is 56.1 Å². The molecule has 1 saturated heterocycles. The third-order valence-electron chi connectivity index (χ3n) is 6.47. The number of nitrogens with one attached hydrogen (secondary N) is 1. The van der Waals surface area contributed by atoms with Gasteiger partial charge in [0.1, 0.15) is 10.7 Å². The lowest BCUT2D eigenvalue weighted by Crippen LogP contribution is -2.45. The minimum Gasteiger partial charge on any atom is -0.339 e. The summed E-state index contributed by atoms with van der Waals surface area (Å²) in [5.74, 6) is 0.390. The molecule has 0 aliphatic carbocycles. The second-order valence-corrected chi connectivity index (χ2v) is 10.2. The summed E-state index contributed by atoms with van der Waals surface area (Å²) < 4.78 is 29.6. The maximum absolute atomic E-state index is 12.8. The Hall–Kier alpha value is -2.48. The highest BCUT2D eigenvalue weighted by atomic mass is 32.2. The monoisotopic (exact) mass is 452 g/mol. The number of sulfonamides is 1. The number of amidine groups is 1. The Morgan fingerprint density at radius 2 is 1.56 bits per heavy atom. The molecular formula is C25H32N4O2S. The number of rotatable bonds is 5. The number of likely N-dealkylation sites (N-methyl/N-ethyl adjacent to an activating group) is 1. The van der Waals surface area contributed by atoms with Crippen molar-refractivity contribution >= 4 is 26.5 Å². The van der Waals surface area contributed by atoms with Crippen LogP contribution in [0.15, 0.2) is 52.4 Å². The van der Waals surface area contributed by atoms with Crippen LogP contribution in [0.25, 0.3) is 4.91 Å². The predicted molar refractivity (Wildman–Crippen MR) is 132 cm³/mol. The molecule has 0 saturated carbocycles. The van der Waals surface area contributed by atoms with Crippen molar-refractivity contribution in [2.75, 3.05) is 38.0 Å². The van der Waals surface area contributed by atoms with Gasteiger partial charge in [0.15, 0.2) is 0 Å². The van der Waals surface area contributed by atoms with Crippen molar-refractivity contribution in [2.45, 2.75) is 34.2 Å². The van der Waals surface area contributed by atoms with E-state index in [2.05, 4.69) is 38.6 Å². The van der Waals surface area contributed by atoms with Gasteiger partial charge in [-0.05, 0) is 61.7 Å². The zero-order chi connectivity index (χ0) is 22.9. The van der Waals surface area contributed by atoms with Crippen LogP contribution in [-0.4, -0.2) is 56.8 Å². The number of anilines is 1. The van der Waals surface area contributed by atoms with Crippen LogP contribution >= 0.6 is 0 Å². The van der Waals surface area contributed by atoms with Crippen molar-refractivity contribution in [3.05, 3.63) is 70.3 Å². The zero-order valence-corrected chi connectivity index (χ0v) is 20.2. The number of piperazine rings is 1. The molecule has 0 bridgehead atoms. The molecule has 0 unspecified atom stereocenters. The summed E-state index contributed by atoms with van der Waals surface area (Å²) in [4.78, 5) is 5.23. The summed E-state index contributed by atoms with van der Waals surface area (Å²) in [5, 5.41) is 3.21. The summed E-state index contributed by atoms with van der Waals surface area (Å²) in [5.41, 5.74) is 5.61. The predicted octanol–water partition coefficient (Wildman–Crippen LogP) is 4.03. The lowest BCUT2D eigenvalue weighted by molar-refractivity contribution is 0.132. The van der Waals surface area contributed by atoms with Gasteiger partial charge in [-0.25, -0.2) is 0 Å². The third-order valence-corrected chi connectivity index (χ3v) is 7.95. The van der Waals surface area contributed by atoms with E-state index in [4.69, 9.17) is 0 Å². The first kappa shape index (κ1) is 22.7. The Morgan fingerprint density at radius 1 is 0.906 bits per heavy atom. The Balaban J connectivity index is 1.47. The molecule has 2 aliphatic heterocycles. The summed E-state index contributed by atoms with van der Waals surface area (Å²) in [6.45, 7) is 14.5. The fourth-order valence-corrected chi connectivity index (χ4v) is 5.67. The van der Waals surface area contributed by atoms with Gasteiger partial charge in [0.05, 0.1) is 0 Å². The molecule has 170 valence electrons. The normalized spacial score (nSPS) is 19.3. The summed E-state index contributed by atoms with van der Waals surface area (Å²) in [6, 6.07) is 13.9. The maximum atomic E-state index is 12.8. The molecule has 7 heteroatoms. The van der Waals surface area contributed by atoms with Crippen molar-refractivity contribution in [1.82, 2.24) is 9.80 Å². The maximum Gasteiger partial charge on any atom is 0.285 e. The van der Waals surface area contributed by atoms with E-state index >= 15 is 0 Å². The second kappa shape index (κ2) is 9.17. The van der Waals surface area contributed by atoms with Gasteiger partial charge >= 0.3 is 0 Å². The van der Waals surface area contributed by atoms with Gasteiger partial charge in [-0.3, -0.25) is 4.90 Å². The lowest BCUT2D eigenvalue weighted by Gasteiger charge is -2.34. The first-order chi connectivity index (χ1) is 15.3. The lowest BCUT2D eigenvalue weighted by atomic mass is 10.0. The van der Waals surface area contributed by atoms with Crippen LogP contribution in [0.2, 0.25) is 0 Å². The van der Waals surface area contributed by atoms with E-state index in [-0.39, 0.29) is 4.91 Å². The Morgan fingerprint density at radius 3 is 2.19 bits per heavy atom. The van der Waals surface area contributed by atoms with Crippen molar-refractivity contribution in [3.63, 3.8) is 0 Å². The van der Waals surface area contributed by atoms with Gasteiger partial charge < -0.3 is 10.2 Å². The largest absolute Gasteiger partial charge is 0.339 e. The number of hydrogen-bond acceptors (Lipinski definition) is 5. The van der Waals surface area contributed by atoms with Gasteiger partial charge in [-0.2, -0.15) is 8.42 Å². The fraction of sp³-hybridized carbons (Fsp3) is 0.400. The average molecular weight is 453 g/mol. The molecule has 2 aromatic carbocycles. The van der Waals surface area contributed by atoms with Gasteiger partial charge in [0, 0.05) is 44.0 Å². The molecule has 32 heavy (non-hydrogen) atoms. The molecule has 6 nitrogen and oxygen atoms in total. The molecule has 0 atom stereocenters. The summed E-state index contributed by atoms with van der Waals surface area (Å²) in [6.07, 6.45) is 0. The topological polar surface area (TPSA) is 65.0 Å². The van der Waals surface area contributed by atoms with Crippen LogP contribution in [0.1, 0.15) is 36.1 Å². The van der Waals surface area contributed by atoms with Crippen molar-refractivity contribution in [3.8, 4) is 0 Å². The van der Waals surface area contributed by atoms with E-state index in [1.807, 2.05) is 51.1 Å². The van der Waals surface area contributed by atoms with Crippen LogP contribution < -0.4 is 5.32 Å². The average Bonchev–Trinajstić information content (AvgIpc) is 3.00.